The third kappa shape index (κ3) is 3.75. The van der Waals surface area contributed by atoms with Gasteiger partial charge in [0.2, 0.25) is 0 Å². The van der Waals surface area contributed by atoms with Crippen molar-refractivity contribution in [1.82, 2.24) is 15.2 Å². The van der Waals surface area contributed by atoms with E-state index >= 15 is 0 Å². The van der Waals surface area contributed by atoms with Gasteiger partial charge in [-0.3, -0.25) is 0 Å². The molecule has 1 saturated heterocycles. The van der Waals surface area contributed by atoms with Crippen LogP contribution in [-0.4, -0.2) is 49.1 Å². The molecule has 30 heavy (non-hydrogen) atoms. The molecule has 1 fully saturated rings. The maximum absolute atomic E-state index is 13.9. The Hall–Kier alpha value is -2.64. The van der Waals surface area contributed by atoms with E-state index in [9.17, 15) is 4.39 Å². The second kappa shape index (κ2) is 8.24. The van der Waals surface area contributed by atoms with Gasteiger partial charge in [-0.1, -0.05) is 12.1 Å². The number of anilines is 1. The Morgan fingerprint density at radius 2 is 1.90 bits per heavy atom. The number of aromatic nitrogens is 1. The summed E-state index contributed by atoms with van der Waals surface area (Å²) in [6, 6.07) is 8.95. The van der Waals surface area contributed by atoms with Crippen LogP contribution in [0.1, 0.15) is 29.2 Å². The van der Waals surface area contributed by atoms with Crippen molar-refractivity contribution in [1.29, 1.82) is 0 Å². The number of fused-ring (bicyclic) bond motifs is 2. The van der Waals surface area contributed by atoms with Crippen molar-refractivity contribution in [3.63, 3.8) is 0 Å². The van der Waals surface area contributed by atoms with E-state index < -0.39 is 0 Å². The van der Waals surface area contributed by atoms with E-state index in [1.165, 1.54) is 6.07 Å². The van der Waals surface area contributed by atoms with Gasteiger partial charge in [-0.15, -0.1) is 12.4 Å². The van der Waals surface area contributed by atoms with Crippen molar-refractivity contribution in [2.75, 3.05) is 38.1 Å². The SMILES string of the molecule is CN1CCN(c2ccc(C3N=C(N)NC4=C3CCc3ccc(F)cc34)cn2)CC1.Cl. The molecular weight excluding hydrogens is 403 g/mol. The lowest BCUT2D eigenvalue weighted by Gasteiger charge is -2.34. The van der Waals surface area contributed by atoms with Crippen LogP contribution in [0.2, 0.25) is 0 Å². The highest BCUT2D eigenvalue weighted by Gasteiger charge is 2.30. The zero-order valence-corrected chi connectivity index (χ0v) is 17.8. The summed E-state index contributed by atoms with van der Waals surface area (Å²) < 4.78 is 13.9. The minimum absolute atomic E-state index is 0. The van der Waals surface area contributed by atoms with Crippen LogP contribution in [0.15, 0.2) is 47.1 Å². The van der Waals surface area contributed by atoms with E-state index in [0.717, 1.165) is 72.8 Å². The number of hydrogen-bond acceptors (Lipinski definition) is 6. The molecule has 3 aliphatic rings. The average Bonchev–Trinajstić information content (AvgIpc) is 2.74. The molecule has 1 atom stereocenters. The first kappa shape index (κ1) is 20.6. The topological polar surface area (TPSA) is 69.8 Å². The van der Waals surface area contributed by atoms with E-state index in [4.69, 9.17) is 10.7 Å². The van der Waals surface area contributed by atoms with E-state index in [1.54, 1.807) is 6.07 Å². The predicted octanol–water partition coefficient (Wildman–Crippen LogP) is 2.71. The van der Waals surface area contributed by atoms with Crippen LogP contribution in [0.3, 0.4) is 0 Å². The Labute approximate surface area is 182 Å². The number of nitrogens with one attached hydrogen (secondary N) is 1. The fourth-order valence-corrected chi connectivity index (χ4v) is 4.42. The van der Waals surface area contributed by atoms with Crippen LogP contribution < -0.4 is 16.0 Å². The Bertz CT molecular complexity index is 995. The number of benzene rings is 1. The van der Waals surface area contributed by atoms with Crippen molar-refractivity contribution < 1.29 is 4.39 Å². The van der Waals surface area contributed by atoms with Crippen LogP contribution >= 0.6 is 12.4 Å². The van der Waals surface area contributed by atoms with Gasteiger partial charge in [-0.2, -0.15) is 0 Å². The molecule has 1 aromatic carbocycles. The number of piperazine rings is 1. The fourth-order valence-electron chi connectivity index (χ4n) is 4.42. The van der Waals surface area contributed by atoms with Gasteiger partial charge in [0.25, 0.3) is 0 Å². The smallest absolute Gasteiger partial charge is 0.194 e. The molecule has 6 nitrogen and oxygen atoms in total. The molecule has 1 aliphatic carbocycles. The first-order chi connectivity index (χ1) is 14.1. The van der Waals surface area contributed by atoms with Crippen molar-refractivity contribution in [3.8, 4) is 0 Å². The zero-order chi connectivity index (χ0) is 20.0. The Kier molecular flexibility index (Phi) is 5.66. The molecule has 2 aromatic rings. The molecule has 1 aromatic heterocycles. The quantitative estimate of drug-likeness (QED) is 0.769. The predicted molar refractivity (Wildman–Crippen MR) is 120 cm³/mol. The van der Waals surface area contributed by atoms with Gasteiger partial charge in [0.1, 0.15) is 17.7 Å². The minimum atomic E-state index is -0.241. The molecule has 5 rings (SSSR count). The minimum Gasteiger partial charge on any atom is -0.370 e. The average molecular weight is 429 g/mol. The molecule has 2 aliphatic heterocycles. The molecule has 0 spiro atoms. The number of halogens is 2. The number of nitrogens with two attached hydrogens (primary N) is 1. The summed E-state index contributed by atoms with van der Waals surface area (Å²) in [6.45, 7) is 4.06. The summed E-state index contributed by atoms with van der Waals surface area (Å²) in [7, 11) is 2.15. The lowest BCUT2D eigenvalue weighted by molar-refractivity contribution is 0.312. The Morgan fingerprint density at radius 1 is 1.10 bits per heavy atom. The van der Waals surface area contributed by atoms with Gasteiger partial charge in [-0.25, -0.2) is 14.4 Å². The third-order valence-electron chi connectivity index (χ3n) is 6.09. The highest BCUT2D eigenvalue weighted by Crippen LogP contribution is 2.40. The standard InChI is InChI=1S/C22H25FN6.ClH/c1-28-8-10-29(11-9-28)19-7-4-15(13-25-19)20-17-6-3-14-2-5-16(23)12-18(14)21(17)27-22(24)26-20;/h2,4-5,7,12-13,20H,3,6,8-11H2,1H3,(H3,24,26,27);1H. The number of pyridine rings is 1. The lowest BCUT2D eigenvalue weighted by atomic mass is 9.83. The Balaban J connectivity index is 0.00000218. The number of hydrogen-bond donors (Lipinski definition) is 2. The molecular formula is C22H26ClFN6. The lowest BCUT2D eigenvalue weighted by Crippen LogP contribution is -2.44. The van der Waals surface area contributed by atoms with Gasteiger partial charge < -0.3 is 20.9 Å². The molecule has 8 heteroatoms. The number of likely N-dealkylation sites (N-methyl/N-ethyl adjacent to an activating group) is 1. The summed E-state index contributed by atoms with van der Waals surface area (Å²) in [5.74, 6) is 1.11. The molecule has 0 saturated carbocycles. The summed E-state index contributed by atoms with van der Waals surface area (Å²) in [5, 5.41) is 3.18. The summed E-state index contributed by atoms with van der Waals surface area (Å²) in [5.41, 5.74) is 11.2. The highest BCUT2D eigenvalue weighted by molar-refractivity contribution is 5.92. The second-order valence-corrected chi connectivity index (χ2v) is 7.98. The van der Waals surface area contributed by atoms with E-state index in [0.29, 0.717) is 5.96 Å². The summed E-state index contributed by atoms with van der Waals surface area (Å²) in [4.78, 5) is 14.0. The maximum Gasteiger partial charge on any atom is 0.194 e. The number of aliphatic imine (C=N–C) groups is 1. The normalized spacial score (nSPS) is 21.2. The summed E-state index contributed by atoms with van der Waals surface area (Å²) in [6.07, 6.45) is 3.64. The molecule has 0 bridgehead atoms. The Morgan fingerprint density at radius 3 is 2.63 bits per heavy atom. The third-order valence-corrected chi connectivity index (χ3v) is 6.09. The second-order valence-electron chi connectivity index (χ2n) is 7.98. The van der Waals surface area contributed by atoms with E-state index in [-0.39, 0.29) is 24.3 Å². The van der Waals surface area contributed by atoms with Gasteiger partial charge >= 0.3 is 0 Å². The van der Waals surface area contributed by atoms with Crippen molar-refractivity contribution in [2.24, 2.45) is 10.7 Å². The molecule has 3 heterocycles. The molecule has 1 unspecified atom stereocenters. The monoisotopic (exact) mass is 428 g/mol. The van der Waals surface area contributed by atoms with E-state index in [1.807, 2.05) is 12.3 Å². The van der Waals surface area contributed by atoms with Gasteiger partial charge in [0.05, 0.1) is 5.70 Å². The van der Waals surface area contributed by atoms with Crippen molar-refractivity contribution in [3.05, 3.63) is 64.6 Å². The highest BCUT2D eigenvalue weighted by atomic mass is 35.5. The molecule has 0 radical (unpaired) electrons. The largest absolute Gasteiger partial charge is 0.370 e. The van der Waals surface area contributed by atoms with Gasteiger partial charge in [0, 0.05) is 37.9 Å². The van der Waals surface area contributed by atoms with Crippen LogP contribution in [0.5, 0.6) is 0 Å². The van der Waals surface area contributed by atoms with Gasteiger partial charge in [0.15, 0.2) is 5.96 Å². The van der Waals surface area contributed by atoms with Crippen LogP contribution in [-0.2, 0) is 6.42 Å². The molecule has 158 valence electrons. The first-order valence-electron chi connectivity index (χ1n) is 10.1. The first-order valence-corrected chi connectivity index (χ1v) is 10.1. The molecule has 3 N–H and O–H groups in total. The fraction of sp³-hybridized carbons (Fsp3) is 0.364. The number of rotatable bonds is 2. The number of aryl methyl sites for hydroxylation is 1. The van der Waals surface area contributed by atoms with Gasteiger partial charge in [-0.05, 0) is 54.8 Å². The van der Waals surface area contributed by atoms with E-state index in [2.05, 4.69) is 39.3 Å². The van der Waals surface area contributed by atoms with Crippen LogP contribution in [0.25, 0.3) is 5.70 Å². The van der Waals surface area contributed by atoms with Crippen LogP contribution in [0, 0.1) is 5.82 Å². The van der Waals surface area contributed by atoms with Crippen LogP contribution in [0.4, 0.5) is 10.2 Å². The number of guanidine groups is 1. The number of nitrogens with zero attached hydrogens (tertiary/aromatic N) is 4. The zero-order valence-electron chi connectivity index (χ0n) is 16.9. The maximum atomic E-state index is 13.9. The van der Waals surface area contributed by atoms with Crippen molar-refractivity contribution >= 4 is 29.9 Å². The molecule has 0 amide bonds. The van der Waals surface area contributed by atoms with Crippen molar-refractivity contribution in [2.45, 2.75) is 18.9 Å². The summed E-state index contributed by atoms with van der Waals surface area (Å²) >= 11 is 0.